The summed E-state index contributed by atoms with van der Waals surface area (Å²) in [7, 11) is 0. The number of anilines is 1. The van der Waals surface area contributed by atoms with E-state index in [-0.39, 0.29) is 23.8 Å². The van der Waals surface area contributed by atoms with Gasteiger partial charge in [0.25, 0.3) is 5.91 Å². The van der Waals surface area contributed by atoms with Crippen LogP contribution in [0.3, 0.4) is 0 Å². The number of likely N-dealkylation sites (tertiary alicyclic amines) is 1. The molecule has 1 aliphatic heterocycles. The molecule has 200 valence electrons. The molecule has 8 heteroatoms. The monoisotopic (exact) mass is 523 g/mol. The van der Waals surface area contributed by atoms with E-state index in [0.717, 1.165) is 24.2 Å². The second-order valence-corrected chi connectivity index (χ2v) is 10.1. The first-order valence-electron chi connectivity index (χ1n) is 13.3. The summed E-state index contributed by atoms with van der Waals surface area (Å²) >= 11 is 0. The normalized spacial score (nSPS) is 15.0. The summed E-state index contributed by atoms with van der Waals surface area (Å²) in [4.78, 5) is 32.9. The summed E-state index contributed by atoms with van der Waals surface area (Å²) in [6.45, 7) is 6.03. The molecule has 1 unspecified atom stereocenters. The molecule has 1 aromatic heterocycles. The van der Waals surface area contributed by atoms with Gasteiger partial charge < -0.3 is 15.2 Å². The van der Waals surface area contributed by atoms with Crippen molar-refractivity contribution in [1.82, 2.24) is 20.4 Å². The maximum Gasteiger partial charge on any atom is 0.253 e. The maximum atomic E-state index is 13.1. The van der Waals surface area contributed by atoms with Crippen LogP contribution in [0, 0.1) is 12.8 Å². The molecule has 2 amide bonds. The number of benzene rings is 3. The third-order valence-electron chi connectivity index (χ3n) is 7.17. The van der Waals surface area contributed by atoms with E-state index in [1.165, 1.54) is 5.56 Å². The van der Waals surface area contributed by atoms with Gasteiger partial charge in [-0.25, -0.2) is 0 Å². The van der Waals surface area contributed by atoms with Crippen molar-refractivity contribution in [2.24, 2.45) is 5.92 Å². The Kier molecular flexibility index (Phi) is 8.13. The molecule has 8 nitrogen and oxygen atoms in total. The number of carbonyl (C=O) groups is 2. The first kappa shape index (κ1) is 26.3. The van der Waals surface area contributed by atoms with Gasteiger partial charge in [-0.3, -0.25) is 14.5 Å². The molecule has 5 rings (SSSR count). The van der Waals surface area contributed by atoms with Crippen molar-refractivity contribution in [3.05, 3.63) is 101 Å². The van der Waals surface area contributed by atoms with E-state index in [1.807, 2.05) is 74.5 Å². The van der Waals surface area contributed by atoms with Crippen molar-refractivity contribution in [1.29, 1.82) is 0 Å². The summed E-state index contributed by atoms with van der Waals surface area (Å²) in [5.41, 5.74) is 4.10. The van der Waals surface area contributed by atoms with Crippen LogP contribution in [0.5, 0.6) is 0 Å². The fourth-order valence-electron chi connectivity index (χ4n) is 4.81. The molecule has 0 aliphatic carbocycles. The Morgan fingerprint density at radius 3 is 2.41 bits per heavy atom. The molecule has 39 heavy (non-hydrogen) atoms. The molecule has 0 saturated carbocycles. The third-order valence-corrected chi connectivity index (χ3v) is 7.17. The van der Waals surface area contributed by atoms with Crippen LogP contribution in [0.15, 0.2) is 83.4 Å². The SMILES string of the molecule is Cc1ccc(-c2noc(CN3CCC(C(=O)Nc4ccccc4C(=O)NC(C)c4ccccc4)CC3)n2)cc1. The Labute approximate surface area is 228 Å². The Bertz CT molecular complexity index is 1410. The van der Waals surface area contributed by atoms with E-state index in [1.54, 1.807) is 18.2 Å². The number of piperidine rings is 1. The lowest BCUT2D eigenvalue weighted by molar-refractivity contribution is -0.121. The maximum absolute atomic E-state index is 13.1. The minimum absolute atomic E-state index is 0.0644. The van der Waals surface area contributed by atoms with Crippen molar-refractivity contribution in [3.63, 3.8) is 0 Å². The molecule has 1 atom stereocenters. The van der Waals surface area contributed by atoms with Gasteiger partial charge in [0.1, 0.15) is 0 Å². The fourth-order valence-corrected chi connectivity index (χ4v) is 4.81. The molecule has 2 N–H and O–H groups in total. The minimum Gasteiger partial charge on any atom is -0.345 e. The van der Waals surface area contributed by atoms with Crippen LogP contribution in [-0.4, -0.2) is 39.9 Å². The van der Waals surface area contributed by atoms with Crippen LogP contribution < -0.4 is 10.6 Å². The first-order chi connectivity index (χ1) is 19.0. The van der Waals surface area contributed by atoms with Crippen molar-refractivity contribution in [2.75, 3.05) is 18.4 Å². The highest BCUT2D eigenvalue weighted by Crippen LogP contribution is 2.24. The summed E-state index contributed by atoms with van der Waals surface area (Å²) in [6, 6.07) is 24.8. The lowest BCUT2D eigenvalue weighted by atomic mass is 9.95. The number of nitrogens with zero attached hydrogens (tertiary/aromatic N) is 3. The summed E-state index contributed by atoms with van der Waals surface area (Å²) in [5.74, 6) is 0.733. The molecular formula is C31H33N5O3. The number of aromatic nitrogens is 2. The zero-order valence-corrected chi connectivity index (χ0v) is 22.3. The van der Waals surface area contributed by atoms with Gasteiger partial charge in [0.15, 0.2) is 0 Å². The van der Waals surface area contributed by atoms with E-state index in [2.05, 4.69) is 25.7 Å². The molecular weight excluding hydrogens is 490 g/mol. The van der Waals surface area contributed by atoms with E-state index in [0.29, 0.717) is 42.4 Å². The predicted octanol–water partition coefficient (Wildman–Crippen LogP) is 5.39. The third kappa shape index (κ3) is 6.59. The number of nitrogens with one attached hydrogen (secondary N) is 2. The molecule has 4 aromatic rings. The van der Waals surface area contributed by atoms with Gasteiger partial charge in [-0.1, -0.05) is 77.5 Å². The van der Waals surface area contributed by atoms with Gasteiger partial charge in [-0.2, -0.15) is 4.98 Å². The van der Waals surface area contributed by atoms with Gasteiger partial charge in [0.2, 0.25) is 17.6 Å². The summed E-state index contributed by atoms with van der Waals surface area (Å²) in [5, 5.41) is 10.2. The number of hydrogen-bond donors (Lipinski definition) is 2. The van der Waals surface area contributed by atoms with Crippen LogP contribution in [0.2, 0.25) is 0 Å². The molecule has 2 heterocycles. The molecule has 0 bridgehead atoms. The number of hydrogen-bond acceptors (Lipinski definition) is 6. The zero-order chi connectivity index (χ0) is 27.2. The van der Waals surface area contributed by atoms with Crippen molar-refractivity contribution < 1.29 is 14.1 Å². The Balaban J connectivity index is 1.14. The van der Waals surface area contributed by atoms with Crippen molar-refractivity contribution in [2.45, 2.75) is 39.3 Å². The van der Waals surface area contributed by atoms with Gasteiger partial charge in [-0.05, 0) is 57.5 Å². The lowest BCUT2D eigenvalue weighted by Gasteiger charge is -2.30. The van der Waals surface area contributed by atoms with Crippen molar-refractivity contribution >= 4 is 17.5 Å². The molecule has 1 fully saturated rings. The highest BCUT2D eigenvalue weighted by Gasteiger charge is 2.27. The average Bonchev–Trinajstić information content (AvgIpc) is 3.43. The van der Waals surface area contributed by atoms with Crippen molar-refractivity contribution in [3.8, 4) is 11.4 Å². The fraction of sp³-hybridized carbons (Fsp3) is 0.290. The molecule has 1 saturated heterocycles. The number of para-hydroxylation sites is 1. The predicted molar refractivity (Wildman–Crippen MR) is 150 cm³/mol. The van der Waals surface area contributed by atoms with Gasteiger partial charge in [0, 0.05) is 11.5 Å². The molecule has 0 spiro atoms. The van der Waals surface area contributed by atoms with Crippen LogP contribution >= 0.6 is 0 Å². The Hall–Kier alpha value is -4.30. The quantitative estimate of drug-likeness (QED) is 0.321. The summed E-state index contributed by atoms with van der Waals surface area (Å²) in [6.07, 6.45) is 1.42. The summed E-state index contributed by atoms with van der Waals surface area (Å²) < 4.78 is 5.48. The van der Waals surface area contributed by atoms with E-state index >= 15 is 0 Å². The van der Waals surface area contributed by atoms with Crippen LogP contribution in [0.1, 0.15) is 53.2 Å². The first-order valence-corrected chi connectivity index (χ1v) is 13.3. The zero-order valence-electron chi connectivity index (χ0n) is 22.3. The number of carbonyl (C=O) groups excluding carboxylic acids is 2. The minimum atomic E-state index is -0.221. The molecule has 0 radical (unpaired) electrons. The van der Waals surface area contributed by atoms with E-state index in [9.17, 15) is 9.59 Å². The van der Waals surface area contributed by atoms with Crippen LogP contribution in [0.25, 0.3) is 11.4 Å². The number of amides is 2. The topological polar surface area (TPSA) is 100 Å². The van der Waals surface area contributed by atoms with Gasteiger partial charge in [0.05, 0.1) is 23.8 Å². The number of aryl methyl sites for hydroxylation is 1. The van der Waals surface area contributed by atoms with E-state index in [4.69, 9.17) is 4.52 Å². The number of rotatable bonds is 8. The standard InChI is InChI=1S/C31H33N5O3/c1-21-12-14-24(15-13-21)29-34-28(39-35-29)20-36-18-16-25(17-19-36)30(37)33-27-11-7-6-10-26(27)31(38)32-22(2)23-8-4-3-5-9-23/h3-15,22,25H,16-20H2,1-2H3,(H,32,38)(H,33,37). The molecule has 1 aliphatic rings. The second kappa shape index (κ2) is 12.0. The van der Waals surface area contributed by atoms with Crippen LogP contribution in [0.4, 0.5) is 5.69 Å². The van der Waals surface area contributed by atoms with Gasteiger partial charge >= 0.3 is 0 Å². The molecule has 3 aromatic carbocycles. The lowest BCUT2D eigenvalue weighted by Crippen LogP contribution is -2.38. The second-order valence-electron chi connectivity index (χ2n) is 10.1. The highest BCUT2D eigenvalue weighted by molar-refractivity contribution is 6.04. The smallest absolute Gasteiger partial charge is 0.253 e. The van der Waals surface area contributed by atoms with E-state index < -0.39 is 0 Å². The Morgan fingerprint density at radius 2 is 1.67 bits per heavy atom. The average molecular weight is 524 g/mol. The highest BCUT2D eigenvalue weighted by atomic mass is 16.5. The largest absolute Gasteiger partial charge is 0.345 e. The van der Waals surface area contributed by atoms with Gasteiger partial charge in [-0.15, -0.1) is 0 Å². The Morgan fingerprint density at radius 1 is 0.974 bits per heavy atom. The van der Waals surface area contributed by atoms with Crippen LogP contribution in [-0.2, 0) is 11.3 Å².